The second-order valence-corrected chi connectivity index (χ2v) is 7.69. The average molecular weight is 331 g/mol. The smallest absolute Gasteiger partial charge is 0.232 e. The van der Waals surface area contributed by atoms with Crippen molar-refractivity contribution in [2.45, 2.75) is 25.9 Å². The summed E-state index contributed by atoms with van der Waals surface area (Å²) >= 11 is 1.62. The van der Waals surface area contributed by atoms with Gasteiger partial charge in [0.25, 0.3) is 0 Å². The molecule has 2 fully saturated rings. The fourth-order valence-electron chi connectivity index (χ4n) is 3.82. The highest BCUT2D eigenvalue weighted by molar-refractivity contribution is 7.09. The monoisotopic (exact) mass is 331 g/mol. The Bertz CT molecular complexity index is 697. The molecule has 0 unspecified atom stereocenters. The Kier molecular flexibility index (Phi) is 3.69. The normalized spacial score (nSPS) is 25.1. The van der Waals surface area contributed by atoms with Crippen molar-refractivity contribution in [2.75, 3.05) is 19.6 Å². The van der Waals surface area contributed by atoms with E-state index in [2.05, 4.69) is 19.4 Å². The lowest BCUT2D eigenvalue weighted by Gasteiger charge is -2.53. The molecule has 122 valence electrons. The average Bonchev–Trinajstić information content (AvgIpc) is 3.20. The van der Waals surface area contributed by atoms with Crippen LogP contribution < -0.4 is 0 Å². The van der Waals surface area contributed by atoms with E-state index in [0.29, 0.717) is 12.5 Å². The molecule has 0 radical (unpaired) electrons. The minimum absolute atomic E-state index is 0.151. The molecule has 1 atom stereocenters. The number of likely N-dealkylation sites (tertiary alicyclic amines) is 2. The van der Waals surface area contributed by atoms with Gasteiger partial charge in [-0.1, -0.05) is 0 Å². The van der Waals surface area contributed by atoms with Crippen molar-refractivity contribution in [1.82, 2.24) is 24.3 Å². The fraction of sp³-hybridized carbons (Fsp3) is 0.562. The molecule has 1 amide bonds. The molecule has 4 rings (SSSR count). The van der Waals surface area contributed by atoms with Crippen molar-refractivity contribution >= 4 is 17.2 Å². The van der Waals surface area contributed by atoms with Crippen LogP contribution in [0, 0.1) is 5.41 Å². The summed E-state index contributed by atoms with van der Waals surface area (Å²) < 4.78 is 2.06. The summed E-state index contributed by atoms with van der Waals surface area (Å²) in [5.41, 5.74) is 2.88. The molecule has 0 bridgehead atoms. The minimum Gasteiger partial charge on any atom is -0.337 e. The first-order valence-corrected chi connectivity index (χ1v) is 8.89. The van der Waals surface area contributed by atoms with Gasteiger partial charge < -0.3 is 9.47 Å². The quantitative estimate of drug-likeness (QED) is 0.797. The van der Waals surface area contributed by atoms with Gasteiger partial charge in [0, 0.05) is 44.0 Å². The van der Waals surface area contributed by atoms with Gasteiger partial charge in [-0.3, -0.25) is 14.7 Å². The van der Waals surface area contributed by atoms with Crippen molar-refractivity contribution in [3.05, 3.63) is 34.8 Å². The molecule has 2 saturated heterocycles. The number of aromatic nitrogens is 3. The van der Waals surface area contributed by atoms with Crippen LogP contribution in [0.2, 0.25) is 0 Å². The Balaban J connectivity index is 1.39. The van der Waals surface area contributed by atoms with E-state index >= 15 is 0 Å². The van der Waals surface area contributed by atoms with Crippen LogP contribution in [0.15, 0.2) is 24.2 Å². The van der Waals surface area contributed by atoms with Crippen molar-refractivity contribution < 1.29 is 4.79 Å². The number of nitrogens with zero attached hydrogens (tertiary/aromatic N) is 5. The van der Waals surface area contributed by atoms with Gasteiger partial charge in [-0.2, -0.15) is 0 Å². The summed E-state index contributed by atoms with van der Waals surface area (Å²) in [5, 5.41) is 0. The first-order valence-electron chi connectivity index (χ1n) is 8.01. The topological polar surface area (TPSA) is 54.3 Å². The molecule has 7 heteroatoms. The number of carbonyl (C=O) groups excluding carboxylic acids is 1. The maximum Gasteiger partial charge on any atom is 0.232 e. The first kappa shape index (κ1) is 14.8. The number of thiazole rings is 1. The number of carbonyl (C=O) groups is 1. The molecule has 0 aromatic carbocycles. The Morgan fingerprint density at radius 3 is 2.87 bits per heavy atom. The lowest BCUT2D eigenvalue weighted by atomic mass is 9.72. The number of hydrogen-bond acceptors (Lipinski definition) is 5. The number of aryl methyl sites for hydroxylation is 1. The van der Waals surface area contributed by atoms with Crippen LogP contribution in [0.3, 0.4) is 0 Å². The minimum atomic E-state index is -0.151. The van der Waals surface area contributed by atoms with E-state index in [1.54, 1.807) is 11.3 Å². The summed E-state index contributed by atoms with van der Waals surface area (Å²) in [6.07, 6.45) is 7.73. The molecule has 2 aromatic heterocycles. The SMILES string of the molecule is Cn1cncc1CN1CCC[C@@]2(C1)CN(Cc1cncs1)C2=O. The zero-order chi connectivity index (χ0) is 15.9. The second kappa shape index (κ2) is 5.72. The number of rotatable bonds is 4. The van der Waals surface area contributed by atoms with Crippen LogP contribution in [0.1, 0.15) is 23.4 Å². The van der Waals surface area contributed by atoms with Crippen LogP contribution >= 0.6 is 11.3 Å². The number of imidazole rings is 1. The molecule has 4 heterocycles. The summed E-state index contributed by atoms with van der Waals surface area (Å²) in [4.78, 5) is 26.6. The predicted molar refractivity (Wildman–Crippen MR) is 87.7 cm³/mol. The summed E-state index contributed by atoms with van der Waals surface area (Å²) in [6, 6.07) is 0. The van der Waals surface area contributed by atoms with E-state index in [4.69, 9.17) is 0 Å². The molecule has 2 aliphatic rings. The molecule has 0 N–H and O–H groups in total. The van der Waals surface area contributed by atoms with Gasteiger partial charge in [-0.05, 0) is 19.4 Å². The van der Waals surface area contributed by atoms with Gasteiger partial charge >= 0.3 is 0 Å². The molecular formula is C16H21N5OS. The Labute approximate surface area is 139 Å². The Morgan fingerprint density at radius 2 is 2.17 bits per heavy atom. The van der Waals surface area contributed by atoms with E-state index in [1.165, 1.54) is 5.69 Å². The molecule has 0 saturated carbocycles. The lowest BCUT2D eigenvalue weighted by Crippen LogP contribution is -2.66. The first-order chi connectivity index (χ1) is 11.2. The Hall–Kier alpha value is -1.73. The third kappa shape index (κ3) is 2.68. The van der Waals surface area contributed by atoms with Crippen molar-refractivity contribution in [3.8, 4) is 0 Å². The van der Waals surface area contributed by atoms with Gasteiger partial charge in [0.15, 0.2) is 0 Å². The molecule has 2 aliphatic heterocycles. The number of amides is 1. The van der Waals surface area contributed by atoms with E-state index in [9.17, 15) is 4.79 Å². The van der Waals surface area contributed by atoms with Crippen LogP contribution in [0.5, 0.6) is 0 Å². The van der Waals surface area contributed by atoms with Crippen LogP contribution in [-0.2, 0) is 24.9 Å². The van der Waals surface area contributed by atoms with Gasteiger partial charge in [0.05, 0.1) is 29.5 Å². The molecule has 6 nitrogen and oxygen atoms in total. The van der Waals surface area contributed by atoms with Crippen molar-refractivity contribution in [1.29, 1.82) is 0 Å². The zero-order valence-corrected chi connectivity index (χ0v) is 14.1. The third-order valence-electron chi connectivity index (χ3n) is 5.02. The number of β-lactam (4-membered cyclic amide) rings is 1. The van der Waals surface area contributed by atoms with E-state index in [1.807, 2.05) is 36.2 Å². The zero-order valence-electron chi connectivity index (χ0n) is 13.3. The highest BCUT2D eigenvalue weighted by atomic mass is 32.1. The number of hydrogen-bond donors (Lipinski definition) is 0. The maximum atomic E-state index is 12.7. The third-order valence-corrected chi connectivity index (χ3v) is 5.79. The van der Waals surface area contributed by atoms with Crippen molar-refractivity contribution in [2.24, 2.45) is 12.5 Å². The highest BCUT2D eigenvalue weighted by Gasteiger charge is 2.53. The van der Waals surface area contributed by atoms with Crippen LogP contribution in [0.25, 0.3) is 0 Å². The number of piperidine rings is 1. The van der Waals surface area contributed by atoms with Crippen LogP contribution in [0.4, 0.5) is 0 Å². The largest absolute Gasteiger partial charge is 0.337 e. The fourth-order valence-corrected chi connectivity index (χ4v) is 4.43. The predicted octanol–water partition coefficient (Wildman–Crippen LogP) is 1.50. The Morgan fingerprint density at radius 1 is 1.26 bits per heavy atom. The molecule has 23 heavy (non-hydrogen) atoms. The second-order valence-electron chi connectivity index (χ2n) is 6.72. The van der Waals surface area contributed by atoms with Gasteiger partial charge in [0.2, 0.25) is 5.91 Å². The maximum absolute atomic E-state index is 12.7. The molecular weight excluding hydrogens is 310 g/mol. The molecule has 2 aromatic rings. The van der Waals surface area contributed by atoms with Gasteiger partial charge in [0.1, 0.15) is 0 Å². The van der Waals surface area contributed by atoms with E-state index < -0.39 is 0 Å². The summed E-state index contributed by atoms with van der Waals surface area (Å²) in [5.74, 6) is 0.320. The van der Waals surface area contributed by atoms with Crippen molar-refractivity contribution in [3.63, 3.8) is 0 Å². The van der Waals surface area contributed by atoms with Crippen LogP contribution in [-0.4, -0.2) is 49.9 Å². The van der Waals surface area contributed by atoms with Gasteiger partial charge in [-0.25, -0.2) is 4.98 Å². The van der Waals surface area contributed by atoms with Gasteiger partial charge in [-0.15, -0.1) is 11.3 Å². The standard InChI is InChI=1S/C16H21N5OS/c1-19-11-17-5-13(19)7-20-4-2-3-16(9-20)10-21(15(16)22)8-14-6-18-12-23-14/h5-6,11-12H,2-4,7-10H2,1H3/t16-/m1/s1. The van der Waals surface area contributed by atoms with E-state index in [0.717, 1.165) is 43.9 Å². The van der Waals surface area contributed by atoms with E-state index in [-0.39, 0.29) is 5.41 Å². The lowest BCUT2D eigenvalue weighted by molar-refractivity contribution is -0.167. The summed E-state index contributed by atoms with van der Waals surface area (Å²) in [7, 11) is 2.02. The summed E-state index contributed by atoms with van der Waals surface area (Å²) in [6.45, 7) is 4.41. The highest BCUT2D eigenvalue weighted by Crippen LogP contribution is 2.41. The molecule has 0 aliphatic carbocycles. The molecule has 1 spiro atoms.